The van der Waals surface area contributed by atoms with Crippen LogP contribution >= 0.6 is 0 Å². The first-order valence-corrected chi connectivity index (χ1v) is 11.3. The number of aromatic nitrogens is 4. The largest absolute Gasteiger partial charge is 0.322 e. The molecule has 2 N–H and O–H groups in total. The van der Waals surface area contributed by atoms with E-state index in [4.69, 9.17) is 0 Å². The van der Waals surface area contributed by atoms with Gasteiger partial charge >= 0.3 is 0 Å². The lowest BCUT2D eigenvalue weighted by molar-refractivity contribution is -0.385. The normalized spacial score (nSPS) is 11.1. The number of benzene rings is 3. The van der Waals surface area contributed by atoms with E-state index in [0.717, 1.165) is 6.07 Å². The molecule has 0 radical (unpaired) electrons. The number of aryl methyl sites for hydroxylation is 1. The van der Waals surface area contributed by atoms with Crippen LogP contribution in [-0.4, -0.2) is 39.5 Å². The molecule has 0 fully saturated rings. The highest BCUT2D eigenvalue weighted by Gasteiger charge is 2.21. The minimum absolute atomic E-state index is 0.0129. The summed E-state index contributed by atoms with van der Waals surface area (Å²) in [5.74, 6) is -0.00712. The van der Waals surface area contributed by atoms with Crippen LogP contribution in [0, 0.1) is 17.0 Å². The molecule has 12 nitrogen and oxygen atoms in total. The zero-order chi connectivity index (χ0) is 24.3. The van der Waals surface area contributed by atoms with Crippen LogP contribution in [0.25, 0.3) is 5.69 Å². The molecule has 0 aliphatic carbocycles. The smallest absolute Gasteiger partial charge is 0.270 e. The number of non-ortho nitro benzene ring substituents is 1. The first kappa shape index (κ1) is 22.5. The maximum Gasteiger partial charge on any atom is 0.270 e. The second kappa shape index (κ2) is 9.07. The SMILES string of the molecule is Cc1nnnn1-c1cccc(NC(=O)c2ccccc2NS(=O)(=O)c2cccc([N+](=O)[O-])c2)c1. The number of nitrogens with one attached hydrogen (secondary N) is 2. The molecule has 0 bridgehead atoms. The van der Waals surface area contributed by atoms with E-state index in [1.165, 1.54) is 35.0 Å². The van der Waals surface area contributed by atoms with Crippen molar-refractivity contribution in [3.63, 3.8) is 0 Å². The zero-order valence-electron chi connectivity index (χ0n) is 17.6. The van der Waals surface area contributed by atoms with E-state index >= 15 is 0 Å². The standard InChI is InChI=1S/C21H17N7O5S/c1-14-23-25-26-27(14)16-7-4-6-15(12-16)22-21(29)19-10-2-3-11-20(19)24-34(32,33)18-9-5-8-17(13-18)28(30)31/h2-13,24H,1H3,(H,22,29). The molecule has 4 aromatic rings. The Morgan fingerprint density at radius 1 is 1.03 bits per heavy atom. The number of hydrogen-bond donors (Lipinski definition) is 2. The van der Waals surface area contributed by atoms with Gasteiger partial charge in [0.1, 0.15) is 0 Å². The van der Waals surface area contributed by atoms with Crippen LogP contribution < -0.4 is 10.0 Å². The summed E-state index contributed by atoms with van der Waals surface area (Å²) < 4.78 is 29.5. The predicted molar refractivity (Wildman–Crippen MR) is 122 cm³/mol. The summed E-state index contributed by atoms with van der Waals surface area (Å²) in [7, 11) is -4.20. The van der Waals surface area contributed by atoms with E-state index < -0.39 is 20.9 Å². The maximum absolute atomic E-state index is 13.0. The number of carbonyl (C=O) groups is 1. The lowest BCUT2D eigenvalue weighted by atomic mass is 10.1. The Morgan fingerprint density at radius 3 is 2.53 bits per heavy atom. The van der Waals surface area contributed by atoms with E-state index in [2.05, 4.69) is 25.6 Å². The Kier molecular flexibility index (Phi) is 6.01. The molecule has 0 aliphatic heterocycles. The highest BCUT2D eigenvalue weighted by atomic mass is 32.2. The highest BCUT2D eigenvalue weighted by molar-refractivity contribution is 7.92. The third-order valence-electron chi connectivity index (χ3n) is 4.73. The van der Waals surface area contributed by atoms with Crippen molar-refractivity contribution in [3.8, 4) is 5.69 Å². The fourth-order valence-corrected chi connectivity index (χ4v) is 4.24. The summed E-state index contributed by atoms with van der Waals surface area (Å²) in [5, 5.41) is 25.0. The molecule has 1 heterocycles. The van der Waals surface area contributed by atoms with Crippen molar-refractivity contribution in [1.82, 2.24) is 20.2 Å². The molecule has 172 valence electrons. The number of nitro benzene ring substituents is 1. The van der Waals surface area contributed by atoms with E-state index in [0.29, 0.717) is 17.2 Å². The van der Waals surface area contributed by atoms with Gasteiger partial charge in [-0.1, -0.05) is 24.3 Å². The molecule has 0 atom stereocenters. The minimum atomic E-state index is -4.20. The molecule has 13 heteroatoms. The van der Waals surface area contributed by atoms with Crippen LogP contribution in [0.5, 0.6) is 0 Å². The molecule has 1 amide bonds. The summed E-state index contributed by atoms with van der Waals surface area (Å²) in [5.41, 5.74) is 0.764. The van der Waals surface area contributed by atoms with Gasteiger partial charge in [0.25, 0.3) is 21.6 Å². The van der Waals surface area contributed by atoms with Crippen molar-refractivity contribution in [3.05, 3.63) is 94.3 Å². The van der Waals surface area contributed by atoms with Crippen molar-refractivity contribution >= 4 is 33.0 Å². The van der Waals surface area contributed by atoms with Crippen LogP contribution in [0.15, 0.2) is 77.7 Å². The van der Waals surface area contributed by atoms with Crippen LogP contribution in [-0.2, 0) is 10.0 Å². The molecule has 3 aromatic carbocycles. The molecular weight excluding hydrogens is 462 g/mol. The number of nitro groups is 1. The maximum atomic E-state index is 13.0. The molecule has 0 spiro atoms. The van der Waals surface area contributed by atoms with Crippen molar-refractivity contribution in [1.29, 1.82) is 0 Å². The Labute approximate surface area is 193 Å². The molecular formula is C21H17N7O5S. The molecule has 1 aromatic heterocycles. The van der Waals surface area contributed by atoms with Gasteiger partial charge in [-0.2, -0.15) is 4.68 Å². The average molecular weight is 479 g/mol. The van der Waals surface area contributed by atoms with Crippen LogP contribution in [0.1, 0.15) is 16.2 Å². The number of rotatable bonds is 7. The summed E-state index contributed by atoms with van der Waals surface area (Å²) >= 11 is 0. The van der Waals surface area contributed by atoms with Gasteiger partial charge in [-0.15, -0.1) is 5.10 Å². The molecule has 4 rings (SSSR count). The van der Waals surface area contributed by atoms with Gasteiger partial charge in [-0.3, -0.25) is 19.6 Å². The van der Waals surface area contributed by atoms with Gasteiger partial charge in [-0.05, 0) is 53.7 Å². The van der Waals surface area contributed by atoms with E-state index in [-0.39, 0.29) is 21.8 Å². The quantitative estimate of drug-likeness (QED) is 0.302. The fraction of sp³-hybridized carbons (Fsp3) is 0.0476. The Bertz CT molecular complexity index is 1500. The fourth-order valence-electron chi connectivity index (χ4n) is 3.12. The van der Waals surface area contributed by atoms with E-state index in [1.807, 2.05) is 0 Å². The molecule has 0 saturated heterocycles. The second-order valence-corrected chi connectivity index (χ2v) is 8.73. The monoisotopic (exact) mass is 479 g/mol. The van der Waals surface area contributed by atoms with Gasteiger partial charge in [0.2, 0.25) is 0 Å². The number of sulfonamides is 1. The van der Waals surface area contributed by atoms with Gasteiger partial charge in [0.05, 0.1) is 26.8 Å². The molecule has 34 heavy (non-hydrogen) atoms. The second-order valence-electron chi connectivity index (χ2n) is 7.05. The van der Waals surface area contributed by atoms with Crippen LogP contribution in [0.3, 0.4) is 0 Å². The van der Waals surface area contributed by atoms with Crippen molar-refractivity contribution in [2.45, 2.75) is 11.8 Å². The minimum Gasteiger partial charge on any atom is -0.322 e. The topological polar surface area (TPSA) is 162 Å². The Balaban J connectivity index is 1.59. The number of hydrogen-bond acceptors (Lipinski definition) is 8. The summed E-state index contributed by atoms with van der Waals surface area (Å²) in [4.78, 5) is 23.0. The Hall–Kier alpha value is -4.65. The van der Waals surface area contributed by atoms with Crippen molar-refractivity contribution < 1.29 is 18.1 Å². The van der Waals surface area contributed by atoms with Crippen molar-refractivity contribution in [2.75, 3.05) is 10.0 Å². The summed E-state index contributed by atoms with van der Waals surface area (Å²) in [6, 6.07) is 17.4. The third-order valence-corrected chi connectivity index (χ3v) is 6.09. The van der Waals surface area contributed by atoms with Crippen LogP contribution in [0.4, 0.5) is 17.1 Å². The lowest BCUT2D eigenvalue weighted by Gasteiger charge is -2.13. The number of carbonyl (C=O) groups excluding carboxylic acids is 1. The average Bonchev–Trinajstić information content (AvgIpc) is 3.25. The summed E-state index contributed by atoms with van der Waals surface area (Å²) in [6.07, 6.45) is 0. The third kappa shape index (κ3) is 4.73. The first-order valence-electron chi connectivity index (χ1n) is 9.78. The number of anilines is 2. The van der Waals surface area contributed by atoms with E-state index in [1.54, 1.807) is 43.3 Å². The predicted octanol–water partition coefficient (Wildman–Crippen LogP) is 2.93. The van der Waals surface area contributed by atoms with Gasteiger partial charge in [0.15, 0.2) is 5.82 Å². The number of para-hydroxylation sites is 1. The number of amides is 1. The van der Waals surface area contributed by atoms with Crippen molar-refractivity contribution in [2.24, 2.45) is 0 Å². The highest BCUT2D eigenvalue weighted by Crippen LogP contribution is 2.24. The molecule has 0 aliphatic rings. The molecule has 0 unspecified atom stereocenters. The van der Waals surface area contributed by atoms with Gasteiger partial charge in [0, 0.05) is 17.8 Å². The van der Waals surface area contributed by atoms with Crippen LogP contribution in [0.2, 0.25) is 0 Å². The number of nitrogens with zero attached hydrogens (tertiary/aromatic N) is 5. The lowest BCUT2D eigenvalue weighted by Crippen LogP contribution is -2.18. The number of tetrazole rings is 1. The van der Waals surface area contributed by atoms with Gasteiger partial charge < -0.3 is 5.32 Å². The summed E-state index contributed by atoms with van der Waals surface area (Å²) in [6.45, 7) is 1.73. The zero-order valence-corrected chi connectivity index (χ0v) is 18.4. The van der Waals surface area contributed by atoms with E-state index in [9.17, 15) is 23.3 Å². The Morgan fingerprint density at radius 2 is 1.79 bits per heavy atom. The van der Waals surface area contributed by atoms with Gasteiger partial charge in [-0.25, -0.2) is 8.42 Å². The first-order chi connectivity index (χ1) is 16.2. The molecule has 0 saturated carbocycles.